The van der Waals surface area contributed by atoms with Gasteiger partial charge in [0.25, 0.3) is 8.32 Å². The highest BCUT2D eigenvalue weighted by atomic mass is 28.4. The Hall–Kier alpha value is -4.07. The van der Waals surface area contributed by atoms with Crippen molar-refractivity contribution >= 4 is 24.6 Å². The van der Waals surface area contributed by atoms with Gasteiger partial charge in [-0.25, -0.2) is 0 Å². The van der Waals surface area contributed by atoms with E-state index in [-0.39, 0.29) is 37.4 Å². The molecular formula is C41H47NO6Si. The second kappa shape index (κ2) is 17.0. The molecule has 1 fully saturated rings. The fourth-order valence-corrected chi connectivity index (χ4v) is 11.2. The second-order valence-electron chi connectivity index (χ2n) is 13.3. The predicted molar refractivity (Wildman–Crippen MR) is 195 cm³/mol. The highest BCUT2D eigenvalue weighted by molar-refractivity contribution is 6.99. The molecule has 0 spiro atoms. The minimum atomic E-state index is -2.95. The highest BCUT2D eigenvalue weighted by Gasteiger charge is 2.53. The Bertz CT molecular complexity index is 1590. The van der Waals surface area contributed by atoms with Gasteiger partial charge in [-0.1, -0.05) is 148 Å². The fraction of sp³-hybridized carbons (Fsp3) is 0.341. The Morgan fingerprint density at radius 3 is 1.71 bits per heavy atom. The van der Waals surface area contributed by atoms with Crippen LogP contribution in [0.5, 0.6) is 0 Å². The van der Waals surface area contributed by atoms with Crippen molar-refractivity contribution in [2.24, 2.45) is 0 Å². The number of carbonyl (C=O) groups is 1. The summed E-state index contributed by atoms with van der Waals surface area (Å²) in [6.07, 6.45) is 2.84. The summed E-state index contributed by atoms with van der Waals surface area (Å²) in [6.45, 7) is 8.92. The summed E-state index contributed by atoms with van der Waals surface area (Å²) in [7, 11) is -2.95. The molecule has 0 radical (unpaired) electrons. The lowest BCUT2D eigenvalue weighted by Crippen LogP contribution is -2.69. The lowest BCUT2D eigenvalue weighted by Gasteiger charge is -2.48. The van der Waals surface area contributed by atoms with Crippen molar-refractivity contribution in [2.45, 2.75) is 76.6 Å². The van der Waals surface area contributed by atoms with Crippen molar-refractivity contribution in [2.75, 3.05) is 13.2 Å². The molecule has 4 aromatic rings. The number of rotatable bonds is 14. The maximum absolute atomic E-state index is 12.7. The molecular weight excluding hydrogens is 631 g/mol. The molecule has 5 atom stereocenters. The van der Waals surface area contributed by atoms with Crippen molar-refractivity contribution in [1.82, 2.24) is 5.32 Å². The molecule has 7 nitrogen and oxygen atoms in total. The van der Waals surface area contributed by atoms with Gasteiger partial charge in [0.15, 0.2) is 6.29 Å². The fourth-order valence-electron chi connectivity index (χ4n) is 6.60. The number of nitrogens with one attached hydrogen (secondary N) is 1. The van der Waals surface area contributed by atoms with E-state index in [2.05, 4.69) is 80.5 Å². The van der Waals surface area contributed by atoms with Gasteiger partial charge in [0.1, 0.15) is 31.0 Å². The van der Waals surface area contributed by atoms with Crippen molar-refractivity contribution in [3.8, 4) is 12.3 Å². The maximum atomic E-state index is 12.7. The zero-order valence-electron chi connectivity index (χ0n) is 28.8. The van der Waals surface area contributed by atoms with Crippen LogP contribution >= 0.6 is 0 Å². The SMILES string of the molecule is C#CCO[C@H]1[C@H](OCc2ccccc2)[C@@H](NC(C)=O)[C@H](OCc2ccccc2)O[C@@H]1CO[Si](c1ccccc1)(c1ccccc1)C(C)(C)C. The van der Waals surface area contributed by atoms with Crippen LogP contribution in [-0.4, -0.2) is 58.1 Å². The molecule has 0 aromatic heterocycles. The van der Waals surface area contributed by atoms with E-state index >= 15 is 0 Å². The Kier molecular flexibility index (Phi) is 12.6. The van der Waals surface area contributed by atoms with Crippen LogP contribution in [0.25, 0.3) is 0 Å². The average molecular weight is 678 g/mol. The van der Waals surface area contributed by atoms with Gasteiger partial charge in [-0.2, -0.15) is 0 Å². The second-order valence-corrected chi connectivity index (χ2v) is 17.6. The third kappa shape index (κ3) is 8.94. The summed E-state index contributed by atoms with van der Waals surface area (Å²) in [4.78, 5) is 12.7. The van der Waals surface area contributed by atoms with Crippen LogP contribution in [0.3, 0.4) is 0 Å². The van der Waals surface area contributed by atoms with E-state index in [4.69, 9.17) is 29.8 Å². The normalized spacial score (nSPS) is 21.1. The van der Waals surface area contributed by atoms with E-state index in [1.54, 1.807) is 0 Å². The Labute approximate surface area is 292 Å². The summed E-state index contributed by atoms with van der Waals surface area (Å²) in [6, 6.07) is 39.9. The quantitative estimate of drug-likeness (QED) is 0.138. The molecule has 49 heavy (non-hydrogen) atoms. The third-order valence-electron chi connectivity index (χ3n) is 8.80. The molecule has 1 heterocycles. The zero-order chi connectivity index (χ0) is 34.7. The minimum absolute atomic E-state index is 0.0251. The number of terminal acetylenes is 1. The van der Waals surface area contributed by atoms with Gasteiger partial charge < -0.3 is 28.7 Å². The van der Waals surface area contributed by atoms with Gasteiger partial charge in [0.2, 0.25) is 5.91 Å². The van der Waals surface area contributed by atoms with Gasteiger partial charge in [0.05, 0.1) is 19.8 Å². The zero-order valence-corrected chi connectivity index (χ0v) is 29.8. The number of carbonyl (C=O) groups excluding carboxylic acids is 1. The molecule has 0 aliphatic carbocycles. The largest absolute Gasteiger partial charge is 0.405 e. The van der Waals surface area contributed by atoms with E-state index in [0.717, 1.165) is 21.5 Å². The van der Waals surface area contributed by atoms with E-state index in [1.165, 1.54) is 6.92 Å². The van der Waals surface area contributed by atoms with Gasteiger partial charge in [-0.3, -0.25) is 4.79 Å². The average Bonchev–Trinajstić information content (AvgIpc) is 3.11. The Morgan fingerprint density at radius 1 is 0.755 bits per heavy atom. The maximum Gasteiger partial charge on any atom is 0.261 e. The summed E-state index contributed by atoms with van der Waals surface area (Å²) >= 11 is 0. The number of amides is 1. The molecule has 1 saturated heterocycles. The van der Waals surface area contributed by atoms with Gasteiger partial charge in [0, 0.05) is 6.92 Å². The summed E-state index contributed by atoms with van der Waals surface area (Å²) < 4.78 is 33.6. The smallest absolute Gasteiger partial charge is 0.261 e. The van der Waals surface area contributed by atoms with Crippen LogP contribution in [0.15, 0.2) is 121 Å². The van der Waals surface area contributed by atoms with Crippen molar-refractivity contribution in [1.29, 1.82) is 0 Å². The highest BCUT2D eigenvalue weighted by Crippen LogP contribution is 2.38. The molecule has 4 aromatic carbocycles. The third-order valence-corrected chi connectivity index (χ3v) is 13.8. The number of hydrogen-bond donors (Lipinski definition) is 1. The molecule has 1 aliphatic heterocycles. The van der Waals surface area contributed by atoms with Crippen LogP contribution in [0.1, 0.15) is 38.8 Å². The summed E-state index contributed by atoms with van der Waals surface area (Å²) in [5.74, 6) is 2.36. The number of ether oxygens (including phenoxy) is 4. The van der Waals surface area contributed by atoms with Crippen LogP contribution in [0.2, 0.25) is 5.04 Å². The molecule has 256 valence electrons. The Morgan fingerprint density at radius 2 is 1.24 bits per heavy atom. The lowest BCUT2D eigenvalue weighted by molar-refractivity contribution is -0.286. The number of benzene rings is 4. The first-order valence-electron chi connectivity index (χ1n) is 16.8. The van der Waals surface area contributed by atoms with E-state index < -0.39 is 39.0 Å². The first kappa shape index (κ1) is 36.2. The van der Waals surface area contributed by atoms with Crippen LogP contribution < -0.4 is 15.7 Å². The molecule has 8 heteroatoms. The first-order valence-corrected chi connectivity index (χ1v) is 18.7. The van der Waals surface area contributed by atoms with Crippen LogP contribution in [0.4, 0.5) is 0 Å². The molecule has 0 unspecified atom stereocenters. The molecule has 1 aliphatic rings. The lowest BCUT2D eigenvalue weighted by atomic mass is 9.96. The van der Waals surface area contributed by atoms with Gasteiger partial charge >= 0.3 is 0 Å². The molecule has 0 bridgehead atoms. The van der Waals surface area contributed by atoms with E-state index in [9.17, 15) is 4.79 Å². The van der Waals surface area contributed by atoms with Crippen molar-refractivity contribution < 1.29 is 28.2 Å². The van der Waals surface area contributed by atoms with Crippen LogP contribution in [0, 0.1) is 12.3 Å². The van der Waals surface area contributed by atoms with Crippen LogP contribution in [-0.2, 0) is 41.4 Å². The minimum Gasteiger partial charge on any atom is -0.405 e. The molecule has 5 rings (SSSR count). The van der Waals surface area contributed by atoms with E-state index in [0.29, 0.717) is 0 Å². The summed E-state index contributed by atoms with van der Waals surface area (Å²) in [5, 5.41) is 5.09. The van der Waals surface area contributed by atoms with Crippen molar-refractivity contribution in [3.63, 3.8) is 0 Å². The topological polar surface area (TPSA) is 75.3 Å². The Balaban J connectivity index is 1.55. The number of hydrogen-bond acceptors (Lipinski definition) is 6. The molecule has 1 amide bonds. The molecule has 0 saturated carbocycles. The summed E-state index contributed by atoms with van der Waals surface area (Å²) in [5.41, 5.74) is 1.95. The monoisotopic (exact) mass is 677 g/mol. The van der Waals surface area contributed by atoms with E-state index in [1.807, 2.05) is 72.8 Å². The first-order chi connectivity index (χ1) is 23.7. The molecule has 1 N–H and O–H groups in total. The van der Waals surface area contributed by atoms with Gasteiger partial charge in [-0.05, 0) is 26.5 Å². The van der Waals surface area contributed by atoms with Gasteiger partial charge in [-0.15, -0.1) is 6.42 Å². The van der Waals surface area contributed by atoms with Crippen molar-refractivity contribution in [3.05, 3.63) is 132 Å². The standard InChI is InChI=1S/C41H47NO6Si/c1-6-27-44-38-36(30-47-49(41(3,4)5,34-23-15-9-16-24-34)35-25-17-10-18-26-35)48-40(46-29-33-21-13-8-14-22-33)37(42-31(2)43)39(38)45-28-32-19-11-7-12-20-32/h1,7-26,36-40H,27-30H2,2-5H3,(H,42,43)/t36-,37-,38-,39-,40-/m1/s1. The predicted octanol–water partition coefficient (Wildman–Crippen LogP) is 5.61.